The van der Waals surface area contributed by atoms with Crippen molar-refractivity contribution in [3.05, 3.63) is 33.9 Å². The summed E-state index contributed by atoms with van der Waals surface area (Å²) in [6.07, 6.45) is 7.23. The van der Waals surface area contributed by atoms with E-state index >= 15 is 4.39 Å². The molecule has 4 rings (SSSR count). The van der Waals surface area contributed by atoms with E-state index in [-0.39, 0.29) is 30.5 Å². The third-order valence-electron chi connectivity index (χ3n) is 5.91. The smallest absolute Gasteiger partial charge is 0.200 e. The SMILES string of the molecule is C.COc1c(N2CCCCCNC(C)C2)c(F)cc2c(=O)c(C=O)cn(C3CC3)c12. The van der Waals surface area contributed by atoms with E-state index in [0.29, 0.717) is 29.8 Å². The van der Waals surface area contributed by atoms with Crippen LogP contribution in [0.5, 0.6) is 5.75 Å². The molecule has 1 saturated heterocycles. The fourth-order valence-corrected chi connectivity index (χ4v) is 4.32. The Labute approximate surface area is 177 Å². The van der Waals surface area contributed by atoms with Gasteiger partial charge in [-0.15, -0.1) is 0 Å². The lowest BCUT2D eigenvalue weighted by molar-refractivity contribution is 0.112. The molecule has 0 spiro atoms. The molecule has 7 heteroatoms. The fourth-order valence-electron chi connectivity index (χ4n) is 4.32. The molecule has 1 aliphatic carbocycles. The van der Waals surface area contributed by atoms with Crippen LogP contribution in [-0.4, -0.2) is 43.6 Å². The summed E-state index contributed by atoms with van der Waals surface area (Å²) >= 11 is 0. The molecule has 0 radical (unpaired) electrons. The Morgan fingerprint density at radius 2 is 2.03 bits per heavy atom. The van der Waals surface area contributed by atoms with E-state index in [2.05, 4.69) is 12.2 Å². The standard InChI is InChI=1S/C22H28FN3O3.CH4/c1-14-11-25(9-5-3-4-8-24-14)20-18(23)10-17-19(22(20)29-2)26(16-6-7-16)12-15(13-27)21(17)28;/h10,12-14,16,24H,3-9,11H2,1-2H3;1H4. The largest absolute Gasteiger partial charge is 0.492 e. The number of methoxy groups -OCH3 is 1. The maximum Gasteiger partial charge on any atom is 0.200 e. The summed E-state index contributed by atoms with van der Waals surface area (Å²) in [6.45, 7) is 4.44. The lowest BCUT2D eigenvalue weighted by atomic mass is 10.1. The maximum absolute atomic E-state index is 15.4. The number of halogens is 1. The molecule has 1 atom stereocenters. The monoisotopic (exact) mass is 417 g/mol. The average Bonchev–Trinajstić information content (AvgIpc) is 3.53. The highest BCUT2D eigenvalue weighted by Crippen LogP contribution is 2.43. The van der Waals surface area contributed by atoms with Crippen LogP contribution >= 0.6 is 0 Å². The lowest BCUT2D eigenvalue weighted by Crippen LogP contribution is -2.39. The predicted molar refractivity (Wildman–Crippen MR) is 119 cm³/mol. The van der Waals surface area contributed by atoms with Gasteiger partial charge in [-0.25, -0.2) is 4.39 Å². The second-order valence-electron chi connectivity index (χ2n) is 8.17. The molecule has 1 unspecified atom stereocenters. The summed E-state index contributed by atoms with van der Waals surface area (Å²) < 4.78 is 23.1. The van der Waals surface area contributed by atoms with Crippen LogP contribution in [0.1, 0.15) is 62.9 Å². The van der Waals surface area contributed by atoms with Gasteiger partial charge in [-0.1, -0.05) is 13.8 Å². The third-order valence-corrected chi connectivity index (χ3v) is 5.91. The van der Waals surface area contributed by atoms with E-state index in [0.717, 1.165) is 45.2 Å². The van der Waals surface area contributed by atoms with E-state index in [9.17, 15) is 9.59 Å². The first-order chi connectivity index (χ1) is 14.0. The van der Waals surface area contributed by atoms with Crippen molar-refractivity contribution < 1.29 is 13.9 Å². The number of benzene rings is 1. The molecule has 164 valence electrons. The van der Waals surface area contributed by atoms with Gasteiger partial charge in [0.25, 0.3) is 0 Å². The van der Waals surface area contributed by atoms with E-state index < -0.39 is 11.2 Å². The summed E-state index contributed by atoms with van der Waals surface area (Å²) in [5.74, 6) is -0.101. The second kappa shape index (κ2) is 9.16. The van der Waals surface area contributed by atoms with Crippen LogP contribution < -0.4 is 20.4 Å². The van der Waals surface area contributed by atoms with E-state index in [1.807, 2.05) is 9.47 Å². The number of hydrogen-bond donors (Lipinski definition) is 1. The van der Waals surface area contributed by atoms with Gasteiger partial charge >= 0.3 is 0 Å². The van der Waals surface area contributed by atoms with Crippen molar-refractivity contribution in [1.29, 1.82) is 0 Å². The highest BCUT2D eigenvalue weighted by atomic mass is 19.1. The van der Waals surface area contributed by atoms with Crippen molar-refractivity contribution in [2.45, 2.75) is 58.5 Å². The minimum Gasteiger partial charge on any atom is -0.492 e. The van der Waals surface area contributed by atoms with Crippen LogP contribution in [0.15, 0.2) is 17.1 Å². The van der Waals surface area contributed by atoms with Crippen molar-refractivity contribution in [2.75, 3.05) is 31.6 Å². The molecule has 2 aromatic rings. The molecule has 2 aliphatic rings. The number of carbonyl (C=O) groups excluding carboxylic acids is 1. The van der Waals surface area contributed by atoms with Gasteiger partial charge < -0.3 is 19.5 Å². The highest BCUT2D eigenvalue weighted by molar-refractivity contribution is 5.94. The summed E-state index contributed by atoms with van der Waals surface area (Å²) in [5.41, 5.74) is 0.597. The zero-order valence-electron chi connectivity index (χ0n) is 17.0. The first-order valence-electron chi connectivity index (χ1n) is 10.4. The molecule has 1 aromatic carbocycles. The number of nitrogens with one attached hydrogen (secondary N) is 1. The fraction of sp³-hybridized carbons (Fsp3) is 0.565. The molecule has 2 heterocycles. The number of pyridine rings is 1. The van der Waals surface area contributed by atoms with Gasteiger partial charge in [-0.2, -0.15) is 0 Å². The molecule has 1 N–H and O–H groups in total. The summed E-state index contributed by atoms with van der Waals surface area (Å²) in [4.78, 5) is 26.2. The zero-order chi connectivity index (χ0) is 20.5. The van der Waals surface area contributed by atoms with Crippen LogP contribution in [0.25, 0.3) is 10.9 Å². The Morgan fingerprint density at radius 3 is 2.70 bits per heavy atom. The number of aromatic nitrogens is 1. The van der Waals surface area contributed by atoms with Gasteiger partial charge in [0.1, 0.15) is 5.69 Å². The topological polar surface area (TPSA) is 63.6 Å². The summed E-state index contributed by atoms with van der Waals surface area (Å²) in [5, 5.41) is 3.69. The number of anilines is 1. The van der Waals surface area contributed by atoms with Crippen LogP contribution in [0.3, 0.4) is 0 Å². The van der Waals surface area contributed by atoms with Gasteiger partial charge in [0, 0.05) is 31.4 Å². The van der Waals surface area contributed by atoms with Crippen molar-refractivity contribution in [2.24, 2.45) is 0 Å². The van der Waals surface area contributed by atoms with Gasteiger partial charge in [0.15, 0.2) is 23.3 Å². The molecular weight excluding hydrogens is 385 g/mol. The number of rotatable bonds is 4. The number of hydrogen-bond acceptors (Lipinski definition) is 5. The first-order valence-corrected chi connectivity index (χ1v) is 10.4. The molecule has 0 amide bonds. The first kappa shape index (κ1) is 22.3. The summed E-state index contributed by atoms with van der Waals surface area (Å²) in [7, 11) is 1.52. The molecule has 1 aliphatic heterocycles. The van der Waals surface area contributed by atoms with Crippen molar-refractivity contribution in [1.82, 2.24) is 9.88 Å². The van der Waals surface area contributed by atoms with Crippen LogP contribution in [0.2, 0.25) is 0 Å². The lowest BCUT2D eigenvalue weighted by Gasteiger charge is -2.30. The second-order valence-corrected chi connectivity index (χ2v) is 8.17. The zero-order valence-corrected chi connectivity index (χ0v) is 17.0. The number of fused-ring (bicyclic) bond motifs is 1. The Kier molecular flexibility index (Phi) is 6.81. The molecule has 1 aromatic heterocycles. The van der Waals surface area contributed by atoms with Crippen LogP contribution in [0, 0.1) is 5.82 Å². The highest BCUT2D eigenvalue weighted by Gasteiger charge is 2.30. The molecule has 30 heavy (non-hydrogen) atoms. The van der Waals surface area contributed by atoms with Crippen molar-refractivity contribution in [3.63, 3.8) is 0 Å². The van der Waals surface area contributed by atoms with Crippen molar-refractivity contribution >= 4 is 22.9 Å². The number of carbonyl (C=O) groups is 1. The van der Waals surface area contributed by atoms with Gasteiger partial charge in [0.2, 0.25) is 0 Å². The molecular formula is C23H32FN3O3. The quantitative estimate of drug-likeness (QED) is 0.765. The minimum absolute atomic E-state index is 0. The number of ether oxygens (including phenoxy) is 1. The average molecular weight is 418 g/mol. The van der Waals surface area contributed by atoms with Gasteiger partial charge in [-0.05, 0) is 45.2 Å². The molecule has 0 bridgehead atoms. The van der Waals surface area contributed by atoms with E-state index in [1.165, 1.54) is 13.2 Å². The Hall–Kier alpha value is -2.41. The third kappa shape index (κ3) is 4.08. The number of aldehydes is 1. The Morgan fingerprint density at radius 1 is 1.27 bits per heavy atom. The van der Waals surface area contributed by atoms with E-state index in [1.54, 1.807) is 6.20 Å². The normalized spacial score (nSPS) is 20.1. The molecule has 6 nitrogen and oxygen atoms in total. The minimum atomic E-state index is -0.483. The Balaban J connectivity index is 0.00000256. The molecule has 2 fully saturated rings. The number of nitrogens with zero attached hydrogens (tertiary/aromatic N) is 2. The van der Waals surface area contributed by atoms with Crippen molar-refractivity contribution in [3.8, 4) is 5.75 Å². The Bertz CT molecular complexity index is 984. The maximum atomic E-state index is 15.4. The predicted octanol–water partition coefficient (Wildman–Crippen LogP) is 3.90. The summed E-state index contributed by atoms with van der Waals surface area (Å²) in [6, 6.07) is 1.70. The molecule has 1 saturated carbocycles. The van der Waals surface area contributed by atoms with Crippen LogP contribution in [-0.2, 0) is 0 Å². The van der Waals surface area contributed by atoms with Crippen LogP contribution in [0.4, 0.5) is 10.1 Å². The van der Waals surface area contributed by atoms with Gasteiger partial charge in [-0.3, -0.25) is 9.59 Å². The van der Waals surface area contributed by atoms with Gasteiger partial charge in [0.05, 0.1) is 23.6 Å². The van der Waals surface area contributed by atoms with E-state index in [4.69, 9.17) is 4.74 Å².